The second-order valence-corrected chi connectivity index (χ2v) is 7.31. The molecule has 1 aliphatic rings. The van der Waals surface area contributed by atoms with E-state index in [0.717, 1.165) is 29.0 Å². The van der Waals surface area contributed by atoms with Crippen molar-refractivity contribution in [2.75, 3.05) is 0 Å². The van der Waals surface area contributed by atoms with Crippen molar-refractivity contribution in [1.29, 1.82) is 0 Å². The number of aromatic nitrogens is 2. The number of ether oxygens (including phenoxy) is 1. The number of amides is 1. The van der Waals surface area contributed by atoms with Crippen molar-refractivity contribution in [2.45, 2.75) is 45.4 Å². The predicted octanol–water partition coefficient (Wildman–Crippen LogP) is 3.99. The van der Waals surface area contributed by atoms with Crippen LogP contribution in [0.15, 0.2) is 41.0 Å². The van der Waals surface area contributed by atoms with E-state index >= 15 is 0 Å². The van der Waals surface area contributed by atoms with Gasteiger partial charge in [-0.2, -0.15) is 5.10 Å². The Kier molecular flexibility index (Phi) is 5.56. The van der Waals surface area contributed by atoms with E-state index in [1.165, 1.54) is 12.8 Å². The summed E-state index contributed by atoms with van der Waals surface area (Å²) in [5.74, 6) is 1.43. The van der Waals surface area contributed by atoms with E-state index < -0.39 is 0 Å². The van der Waals surface area contributed by atoms with Crippen LogP contribution in [0.2, 0.25) is 0 Å². The monoisotopic (exact) mass is 391 g/mol. The van der Waals surface area contributed by atoms with Gasteiger partial charge in [-0.25, -0.2) is 4.68 Å². The summed E-state index contributed by atoms with van der Waals surface area (Å²) >= 11 is 3.39. The third kappa shape index (κ3) is 4.60. The van der Waals surface area contributed by atoms with Gasteiger partial charge in [0.05, 0.1) is 0 Å². The summed E-state index contributed by atoms with van der Waals surface area (Å²) in [5.41, 5.74) is 0.438. The lowest BCUT2D eigenvalue weighted by Gasteiger charge is -2.26. The number of halogens is 1. The number of carbonyl (C=O) groups excluding carboxylic acids is 1. The van der Waals surface area contributed by atoms with Gasteiger partial charge in [0.1, 0.15) is 11.4 Å². The van der Waals surface area contributed by atoms with Crippen molar-refractivity contribution in [3.63, 3.8) is 0 Å². The van der Waals surface area contributed by atoms with Crippen molar-refractivity contribution in [2.24, 2.45) is 5.92 Å². The molecule has 0 bridgehead atoms. The molecule has 0 atom stereocenters. The standard InChI is InChI=1S/C18H22BrN3O2/c1-13-2-6-15(7-3-13)20-18(23)17-10-11-22(21-17)12-24-16-8-4-14(19)5-9-16/h4-5,8-11,13,15H,2-3,6-7,12H2,1H3,(H,20,23). The predicted molar refractivity (Wildman–Crippen MR) is 95.9 cm³/mol. The Morgan fingerprint density at radius 3 is 2.67 bits per heavy atom. The number of benzene rings is 1. The molecule has 0 spiro atoms. The molecule has 5 nitrogen and oxygen atoms in total. The fraction of sp³-hybridized carbons (Fsp3) is 0.444. The van der Waals surface area contributed by atoms with Crippen LogP contribution in [0.1, 0.15) is 43.1 Å². The highest BCUT2D eigenvalue weighted by atomic mass is 79.9. The second-order valence-electron chi connectivity index (χ2n) is 6.40. The topological polar surface area (TPSA) is 56.2 Å². The number of hydrogen-bond acceptors (Lipinski definition) is 3. The molecule has 1 saturated carbocycles. The van der Waals surface area contributed by atoms with Crippen molar-refractivity contribution < 1.29 is 9.53 Å². The van der Waals surface area contributed by atoms with E-state index in [2.05, 4.69) is 33.3 Å². The Hall–Kier alpha value is -1.82. The lowest BCUT2D eigenvalue weighted by atomic mass is 9.87. The number of hydrogen-bond donors (Lipinski definition) is 1. The largest absolute Gasteiger partial charge is 0.471 e. The molecule has 1 N–H and O–H groups in total. The van der Waals surface area contributed by atoms with Gasteiger partial charge in [-0.1, -0.05) is 22.9 Å². The molecule has 6 heteroatoms. The van der Waals surface area contributed by atoms with Gasteiger partial charge in [0.15, 0.2) is 6.73 Å². The van der Waals surface area contributed by atoms with E-state index in [-0.39, 0.29) is 18.7 Å². The molecular formula is C18H22BrN3O2. The first kappa shape index (κ1) is 17.0. The Balaban J connectivity index is 1.51. The number of rotatable bonds is 5. The highest BCUT2D eigenvalue weighted by Gasteiger charge is 2.21. The van der Waals surface area contributed by atoms with Gasteiger partial charge >= 0.3 is 0 Å². The van der Waals surface area contributed by atoms with Crippen LogP contribution >= 0.6 is 15.9 Å². The Morgan fingerprint density at radius 2 is 1.96 bits per heavy atom. The first-order valence-corrected chi connectivity index (χ1v) is 9.12. The third-order valence-electron chi connectivity index (χ3n) is 4.40. The first-order valence-electron chi connectivity index (χ1n) is 8.33. The smallest absolute Gasteiger partial charge is 0.271 e. The molecule has 0 saturated heterocycles. The fourth-order valence-corrected chi connectivity index (χ4v) is 3.15. The van der Waals surface area contributed by atoms with E-state index in [9.17, 15) is 4.79 Å². The van der Waals surface area contributed by atoms with Gasteiger partial charge in [0.2, 0.25) is 0 Å². The summed E-state index contributed by atoms with van der Waals surface area (Å²) in [7, 11) is 0. The minimum atomic E-state index is -0.100. The summed E-state index contributed by atoms with van der Waals surface area (Å²) in [6.07, 6.45) is 6.23. The van der Waals surface area contributed by atoms with Crippen LogP contribution in [0.3, 0.4) is 0 Å². The first-order chi connectivity index (χ1) is 11.6. The zero-order valence-corrected chi connectivity index (χ0v) is 15.3. The minimum absolute atomic E-state index is 0.100. The van der Waals surface area contributed by atoms with Crippen molar-refractivity contribution in [1.82, 2.24) is 15.1 Å². The molecule has 0 unspecified atom stereocenters. The number of nitrogens with zero attached hydrogens (tertiary/aromatic N) is 2. The molecule has 0 radical (unpaired) electrons. The fourth-order valence-electron chi connectivity index (χ4n) is 2.89. The number of carbonyl (C=O) groups is 1. The molecule has 1 aromatic carbocycles. The van der Waals surface area contributed by atoms with Gasteiger partial charge in [-0.3, -0.25) is 4.79 Å². The Labute approximate surface area is 150 Å². The van der Waals surface area contributed by atoms with Crippen LogP contribution in [0.4, 0.5) is 0 Å². The van der Waals surface area contributed by atoms with Gasteiger partial charge < -0.3 is 10.1 Å². The maximum absolute atomic E-state index is 12.3. The van der Waals surface area contributed by atoms with Gasteiger partial charge in [-0.15, -0.1) is 0 Å². The van der Waals surface area contributed by atoms with Crippen LogP contribution in [0, 0.1) is 5.92 Å². The molecule has 1 aliphatic carbocycles. The molecule has 0 aliphatic heterocycles. The van der Waals surface area contributed by atoms with E-state index in [0.29, 0.717) is 5.69 Å². The van der Waals surface area contributed by atoms with Gasteiger partial charge in [-0.05, 0) is 61.9 Å². The molecular weight excluding hydrogens is 370 g/mol. The minimum Gasteiger partial charge on any atom is -0.471 e. The Bertz CT molecular complexity index is 676. The van der Waals surface area contributed by atoms with E-state index in [1.54, 1.807) is 16.9 Å². The molecule has 1 fully saturated rings. The van der Waals surface area contributed by atoms with Crippen molar-refractivity contribution >= 4 is 21.8 Å². The van der Waals surface area contributed by atoms with Crippen LogP contribution < -0.4 is 10.1 Å². The average Bonchev–Trinajstić information content (AvgIpc) is 3.06. The molecule has 1 aromatic heterocycles. The molecule has 1 amide bonds. The highest BCUT2D eigenvalue weighted by molar-refractivity contribution is 9.10. The quantitative estimate of drug-likeness (QED) is 0.837. The third-order valence-corrected chi connectivity index (χ3v) is 4.93. The molecule has 128 valence electrons. The maximum Gasteiger partial charge on any atom is 0.271 e. The highest BCUT2D eigenvalue weighted by Crippen LogP contribution is 2.23. The zero-order valence-electron chi connectivity index (χ0n) is 13.7. The molecule has 2 aromatic rings. The molecule has 24 heavy (non-hydrogen) atoms. The summed E-state index contributed by atoms with van der Waals surface area (Å²) in [6.45, 7) is 2.54. The van der Waals surface area contributed by atoms with Crippen LogP contribution in [-0.4, -0.2) is 21.7 Å². The SMILES string of the molecule is CC1CCC(NC(=O)c2ccn(COc3ccc(Br)cc3)n2)CC1. The van der Waals surface area contributed by atoms with Crippen LogP contribution in [0.25, 0.3) is 0 Å². The van der Waals surface area contributed by atoms with Crippen molar-refractivity contribution in [3.8, 4) is 5.75 Å². The maximum atomic E-state index is 12.3. The lowest BCUT2D eigenvalue weighted by Crippen LogP contribution is -2.37. The summed E-state index contributed by atoms with van der Waals surface area (Å²) < 4.78 is 8.28. The number of nitrogens with one attached hydrogen (secondary N) is 1. The van der Waals surface area contributed by atoms with Crippen LogP contribution in [-0.2, 0) is 6.73 Å². The lowest BCUT2D eigenvalue weighted by molar-refractivity contribution is 0.0916. The average molecular weight is 392 g/mol. The Morgan fingerprint density at radius 1 is 1.25 bits per heavy atom. The van der Waals surface area contributed by atoms with E-state index in [4.69, 9.17) is 4.74 Å². The van der Waals surface area contributed by atoms with Gasteiger partial charge in [0, 0.05) is 16.7 Å². The normalized spacial score (nSPS) is 20.6. The van der Waals surface area contributed by atoms with Gasteiger partial charge in [0.25, 0.3) is 5.91 Å². The van der Waals surface area contributed by atoms with Crippen LogP contribution in [0.5, 0.6) is 5.75 Å². The van der Waals surface area contributed by atoms with E-state index in [1.807, 2.05) is 24.3 Å². The zero-order chi connectivity index (χ0) is 16.9. The summed E-state index contributed by atoms with van der Waals surface area (Å²) in [6, 6.07) is 9.60. The molecule has 3 rings (SSSR count). The summed E-state index contributed by atoms with van der Waals surface area (Å²) in [5, 5.41) is 7.38. The molecule has 1 heterocycles. The summed E-state index contributed by atoms with van der Waals surface area (Å²) in [4.78, 5) is 12.3. The second kappa shape index (κ2) is 7.83. The van der Waals surface area contributed by atoms with Crippen molar-refractivity contribution in [3.05, 3.63) is 46.7 Å².